The monoisotopic (exact) mass is 343 g/mol. The molecule has 1 amide bonds. The van der Waals surface area contributed by atoms with Crippen LogP contribution in [-0.2, 0) is 4.74 Å². The number of nitrogens with zero attached hydrogens (tertiary/aromatic N) is 3. The Morgan fingerprint density at radius 2 is 2.12 bits per heavy atom. The molecule has 126 valence electrons. The largest absolute Gasteiger partial charge is 0.374 e. The number of likely N-dealkylation sites (tertiary alicyclic amines) is 1. The Hall–Kier alpha value is -1.92. The minimum Gasteiger partial charge on any atom is -0.374 e. The van der Waals surface area contributed by atoms with Crippen molar-refractivity contribution >= 4 is 22.9 Å². The van der Waals surface area contributed by atoms with Crippen LogP contribution in [0.2, 0.25) is 0 Å². The van der Waals surface area contributed by atoms with Crippen molar-refractivity contribution in [1.82, 2.24) is 9.88 Å². The summed E-state index contributed by atoms with van der Waals surface area (Å²) in [5, 5.41) is 1.96. The summed E-state index contributed by atoms with van der Waals surface area (Å²) in [5.74, 6) is 0.150. The minimum absolute atomic E-state index is 0.150. The normalized spacial score (nSPS) is 24.3. The maximum Gasteiger partial charge on any atom is 0.263 e. The van der Waals surface area contributed by atoms with E-state index < -0.39 is 0 Å². The van der Waals surface area contributed by atoms with Gasteiger partial charge in [0.2, 0.25) is 0 Å². The third kappa shape index (κ3) is 3.03. The summed E-state index contributed by atoms with van der Waals surface area (Å²) in [7, 11) is 0. The predicted molar refractivity (Wildman–Crippen MR) is 94.6 cm³/mol. The second kappa shape index (κ2) is 6.91. The van der Waals surface area contributed by atoms with Crippen LogP contribution in [0.3, 0.4) is 0 Å². The third-order valence-corrected chi connectivity index (χ3v) is 5.73. The topological polar surface area (TPSA) is 45.7 Å². The second-order valence-corrected chi connectivity index (χ2v) is 7.18. The molecule has 4 heterocycles. The molecule has 0 radical (unpaired) electrons. The molecule has 2 fully saturated rings. The number of aromatic nitrogens is 1. The zero-order valence-electron chi connectivity index (χ0n) is 13.5. The summed E-state index contributed by atoms with van der Waals surface area (Å²) in [4.78, 5) is 22.1. The first kappa shape index (κ1) is 15.6. The first-order valence-corrected chi connectivity index (χ1v) is 9.32. The maximum atomic E-state index is 12.6. The lowest BCUT2D eigenvalue weighted by atomic mass is 10.0. The fourth-order valence-electron chi connectivity index (χ4n) is 3.68. The minimum atomic E-state index is 0.150. The summed E-state index contributed by atoms with van der Waals surface area (Å²) in [6.45, 7) is 3.15. The quantitative estimate of drug-likeness (QED) is 0.841. The Kier molecular flexibility index (Phi) is 4.49. The average Bonchev–Trinajstić information content (AvgIpc) is 3.08. The Balaban J connectivity index is 1.51. The van der Waals surface area contributed by atoms with E-state index in [4.69, 9.17) is 4.74 Å². The number of pyridine rings is 1. The van der Waals surface area contributed by atoms with Crippen molar-refractivity contribution in [2.45, 2.75) is 25.0 Å². The van der Waals surface area contributed by atoms with E-state index >= 15 is 0 Å². The average molecular weight is 343 g/mol. The Labute approximate surface area is 145 Å². The first-order chi connectivity index (χ1) is 11.8. The lowest BCUT2D eigenvalue weighted by Crippen LogP contribution is -2.51. The molecule has 0 unspecified atom stereocenters. The number of anilines is 1. The number of carbonyl (C=O) groups is 1. The van der Waals surface area contributed by atoms with Gasteiger partial charge in [-0.05, 0) is 36.4 Å². The van der Waals surface area contributed by atoms with Crippen LogP contribution >= 0.6 is 11.3 Å². The highest BCUT2D eigenvalue weighted by Crippen LogP contribution is 2.28. The van der Waals surface area contributed by atoms with Crippen LogP contribution in [0.1, 0.15) is 22.5 Å². The molecule has 24 heavy (non-hydrogen) atoms. The second-order valence-electron chi connectivity index (χ2n) is 6.23. The van der Waals surface area contributed by atoms with Gasteiger partial charge < -0.3 is 14.5 Å². The molecule has 2 aromatic rings. The highest BCUT2D eigenvalue weighted by Gasteiger charge is 2.36. The van der Waals surface area contributed by atoms with Crippen LogP contribution in [0, 0.1) is 0 Å². The number of hydrogen-bond donors (Lipinski definition) is 0. The van der Waals surface area contributed by atoms with E-state index in [9.17, 15) is 4.79 Å². The van der Waals surface area contributed by atoms with Crippen LogP contribution in [-0.4, -0.2) is 54.2 Å². The maximum absolute atomic E-state index is 12.6. The van der Waals surface area contributed by atoms with E-state index in [0.29, 0.717) is 6.04 Å². The number of rotatable bonds is 2. The molecule has 0 bridgehead atoms. The molecule has 0 aliphatic carbocycles. The molecule has 2 saturated heterocycles. The zero-order chi connectivity index (χ0) is 16.4. The number of fused-ring (bicyclic) bond motifs is 1. The lowest BCUT2D eigenvalue weighted by molar-refractivity contribution is 0.00908. The number of morpholine rings is 1. The number of hydrogen-bond acceptors (Lipinski definition) is 5. The van der Waals surface area contributed by atoms with Gasteiger partial charge in [-0.1, -0.05) is 6.07 Å². The van der Waals surface area contributed by atoms with Crippen molar-refractivity contribution in [3.05, 3.63) is 46.9 Å². The first-order valence-electron chi connectivity index (χ1n) is 8.44. The van der Waals surface area contributed by atoms with Crippen molar-refractivity contribution in [2.75, 3.05) is 31.1 Å². The van der Waals surface area contributed by atoms with E-state index in [1.165, 1.54) is 11.3 Å². The van der Waals surface area contributed by atoms with Gasteiger partial charge in [-0.3, -0.25) is 9.78 Å². The molecule has 0 N–H and O–H groups in total. The SMILES string of the molecule is O=C(c1cccs1)N1CC[C@@H]2OCCN(c3cccnc3)[C@@H]2CC1. The van der Waals surface area contributed by atoms with E-state index in [1.807, 2.05) is 34.7 Å². The fourth-order valence-corrected chi connectivity index (χ4v) is 4.37. The van der Waals surface area contributed by atoms with E-state index in [-0.39, 0.29) is 12.0 Å². The molecule has 2 aromatic heterocycles. The molecule has 0 aromatic carbocycles. The predicted octanol–water partition coefficient (Wildman–Crippen LogP) is 2.65. The van der Waals surface area contributed by atoms with Gasteiger partial charge in [-0.15, -0.1) is 11.3 Å². The molecule has 5 nitrogen and oxygen atoms in total. The smallest absolute Gasteiger partial charge is 0.263 e. The number of ether oxygens (including phenoxy) is 1. The van der Waals surface area contributed by atoms with Gasteiger partial charge >= 0.3 is 0 Å². The van der Waals surface area contributed by atoms with Gasteiger partial charge in [-0.25, -0.2) is 0 Å². The van der Waals surface area contributed by atoms with Crippen molar-refractivity contribution in [3.63, 3.8) is 0 Å². The van der Waals surface area contributed by atoms with E-state index in [2.05, 4.69) is 16.0 Å². The number of carbonyl (C=O) groups excluding carboxylic acids is 1. The molecular weight excluding hydrogens is 322 g/mol. The van der Waals surface area contributed by atoms with Crippen LogP contribution < -0.4 is 4.90 Å². The van der Waals surface area contributed by atoms with E-state index in [1.54, 1.807) is 6.20 Å². The fraction of sp³-hybridized carbons (Fsp3) is 0.444. The molecule has 0 saturated carbocycles. The van der Waals surface area contributed by atoms with Gasteiger partial charge in [0.05, 0.1) is 35.5 Å². The molecule has 2 aliphatic rings. The molecule has 2 aliphatic heterocycles. The van der Waals surface area contributed by atoms with Crippen molar-refractivity contribution < 1.29 is 9.53 Å². The summed E-state index contributed by atoms with van der Waals surface area (Å²) in [6, 6.07) is 8.23. The molecular formula is C18H21N3O2S. The van der Waals surface area contributed by atoms with E-state index in [0.717, 1.165) is 49.6 Å². The summed E-state index contributed by atoms with van der Waals surface area (Å²) in [6.07, 6.45) is 5.72. The highest BCUT2D eigenvalue weighted by molar-refractivity contribution is 7.12. The van der Waals surface area contributed by atoms with Gasteiger partial charge in [-0.2, -0.15) is 0 Å². The number of amides is 1. The van der Waals surface area contributed by atoms with Crippen molar-refractivity contribution in [2.24, 2.45) is 0 Å². The molecule has 6 heteroatoms. The summed E-state index contributed by atoms with van der Waals surface area (Å²) >= 11 is 1.51. The Morgan fingerprint density at radius 1 is 1.21 bits per heavy atom. The van der Waals surface area contributed by atoms with Crippen molar-refractivity contribution in [3.8, 4) is 0 Å². The lowest BCUT2D eigenvalue weighted by Gasteiger charge is -2.41. The Bertz CT molecular complexity index is 677. The van der Waals surface area contributed by atoms with Crippen LogP contribution in [0.5, 0.6) is 0 Å². The summed E-state index contributed by atoms with van der Waals surface area (Å²) < 4.78 is 6.03. The molecule has 0 spiro atoms. The van der Waals surface area contributed by atoms with Gasteiger partial charge in [0.25, 0.3) is 5.91 Å². The van der Waals surface area contributed by atoms with Crippen LogP contribution in [0.25, 0.3) is 0 Å². The number of thiophene rings is 1. The van der Waals surface area contributed by atoms with Gasteiger partial charge in [0.1, 0.15) is 0 Å². The molecule has 2 atom stereocenters. The van der Waals surface area contributed by atoms with Crippen LogP contribution in [0.15, 0.2) is 42.0 Å². The third-order valence-electron chi connectivity index (χ3n) is 4.87. The summed E-state index contributed by atoms with van der Waals surface area (Å²) in [5.41, 5.74) is 1.15. The van der Waals surface area contributed by atoms with Crippen molar-refractivity contribution in [1.29, 1.82) is 0 Å². The Morgan fingerprint density at radius 3 is 2.92 bits per heavy atom. The standard InChI is InChI=1S/C18H21N3O2S/c22-18(17-4-2-12-24-17)20-8-5-15-16(6-9-20)23-11-10-21(15)14-3-1-7-19-13-14/h1-4,7,12-13,15-16H,5-6,8-11H2/t15-,16+/m1/s1. The van der Waals surface area contributed by atoms with Gasteiger partial charge in [0, 0.05) is 25.8 Å². The highest BCUT2D eigenvalue weighted by atomic mass is 32.1. The zero-order valence-corrected chi connectivity index (χ0v) is 14.3. The molecule has 4 rings (SSSR count). The van der Waals surface area contributed by atoms with Crippen LogP contribution in [0.4, 0.5) is 5.69 Å². The van der Waals surface area contributed by atoms with Gasteiger partial charge in [0.15, 0.2) is 0 Å².